The molecule has 0 aromatic heterocycles. The van der Waals surface area contributed by atoms with Gasteiger partial charge in [-0.05, 0) is 30.9 Å². The molecule has 0 aromatic carbocycles. The highest BCUT2D eigenvalue weighted by molar-refractivity contribution is 7.99. The van der Waals surface area contributed by atoms with Crippen molar-refractivity contribution in [3.8, 4) is 0 Å². The topological polar surface area (TPSA) is 57.5 Å². The Morgan fingerprint density at radius 2 is 2.07 bits per heavy atom. The molecule has 1 aliphatic carbocycles. The highest BCUT2D eigenvalue weighted by Crippen LogP contribution is 2.51. The Bertz CT molecular complexity index is 211. The molecule has 0 spiro atoms. The summed E-state index contributed by atoms with van der Waals surface area (Å²) >= 11 is 1.68. The predicted molar refractivity (Wildman–Crippen MR) is 57.5 cm³/mol. The van der Waals surface area contributed by atoms with Crippen LogP contribution in [0.1, 0.15) is 33.1 Å². The number of carboxylic acids is 1. The Balaban J connectivity index is 2.27. The molecule has 0 aromatic rings. The maximum absolute atomic E-state index is 10.6. The molecule has 14 heavy (non-hydrogen) atoms. The molecule has 1 rings (SSSR count). The normalized spacial score (nSPS) is 22.8. The lowest BCUT2D eigenvalue weighted by molar-refractivity contribution is -0.138. The zero-order chi connectivity index (χ0) is 10.8. The summed E-state index contributed by atoms with van der Waals surface area (Å²) < 4.78 is 0. The van der Waals surface area contributed by atoms with E-state index >= 15 is 0 Å². The molecule has 0 heterocycles. The van der Waals surface area contributed by atoms with Crippen molar-refractivity contribution in [3.63, 3.8) is 0 Å². The van der Waals surface area contributed by atoms with Gasteiger partial charge in [0.25, 0.3) is 0 Å². The Kier molecular flexibility index (Phi) is 3.84. The molecule has 0 bridgehead atoms. The van der Waals surface area contributed by atoms with E-state index in [4.69, 9.17) is 5.11 Å². The van der Waals surface area contributed by atoms with Crippen LogP contribution in [0.4, 0.5) is 0 Å². The monoisotopic (exact) mass is 218 g/mol. The molecule has 2 N–H and O–H groups in total. The van der Waals surface area contributed by atoms with E-state index in [0.717, 1.165) is 18.6 Å². The maximum atomic E-state index is 10.6. The van der Waals surface area contributed by atoms with Crippen molar-refractivity contribution in [1.82, 2.24) is 0 Å². The van der Waals surface area contributed by atoms with Gasteiger partial charge in [-0.2, -0.15) is 11.8 Å². The van der Waals surface area contributed by atoms with Gasteiger partial charge < -0.3 is 10.2 Å². The van der Waals surface area contributed by atoms with Gasteiger partial charge in [0.1, 0.15) is 0 Å². The fourth-order valence-corrected chi connectivity index (χ4v) is 2.60. The van der Waals surface area contributed by atoms with E-state index in [0.29, 0.717) is 0 Å². The zero-order valence-corrected chi connectivity index (χ0v) is 9.51. The van der Waals surface area contributed by atoms with Crippen LogP contribution in [0.25, 0.3) is 0 Å². The number of carbonyl (C=O) groups is 1. The molecule has 3 nitrogen and oxygen atoms in total. The van der Waals surface area contributed by atoms with Gasteiger partial charge in [-0.1, -0.05) is 6.92 Å². The van der Waals surface area contributed by atoms with Gasteiger partial charge in [-0.15, -0.1) is 0 Å². The largest absolute Gasteiger partial charge is 0.481 e. The third-order valence-corrected chi connectivity index (χ3v) is 4.51. The predicted octanol–water partition coefficient (Wildman–Crippen LogP) is 1.74. The first kappa shape index (κ1) is 11.9. The Morgan fingerprint density at radius 1 is 1.50 bits per heavy atom. The lowest BCUT2D eigenvalue weighted by Crippen LogP contribution is -2.19. The van der Waals surface area contributed by atoms with Crippen LogP contribution in [0.5, 0.6) is 0 Å². The van der Waals surface area contributed by atoms with Crippen LogP contribution in [0.3, 0.4) is 0 Å². The first-order valence-corrected chi connectivity index (χ1v) is 6.01. The van der Waals surface area contributed by atoms with Crippen LogP contribution in [-0.2, 0) is 4.79 Å². The summed E-state index contributed by atoms with van der Waals surface area (Å²) in [4.78, 5) is 10.6. The fourth-order valence-electron chi connectivity index (χ4n) is 1.32. The van der Waals surface area contributed by atoms with Gasteiger partial charge in [0.05, 0.1) is 12.5 Å². The maximum Gasteiger partial charge on any atom is 0.303 e. The smallest absolute Gasteiger partial charge is 0.303 e. The molecule has 0 amide bonds. The lowest BCUT2D eigenvalue weighted by atomic mass is 10.1. The van der Waals surface area contributed by atoms with Crippen molar-refractivity contribution in [3.05, 3.63) is 0 Å². The van der Waals surface area contributed by atoms with Crippen LogP contribution in [0.15, 0.2) is 0 Å². The molecule has 1 saturated carbocycles. The van der Waals surface area contributed by atoms with E-state index in [1.54, 1.807) is 18.7 Å². The van der Waals surface area contributed by atoms with E-state index in [9.17, 15) is 9.90 Å². The van der Waals surface area contributed by atoms with Gasteiger partial charge in [-0.3, -0.25) is 4.79 Å². The number of thioether (sulfide) groups is 1. The first-order chi connectivity index (χ1) is 6.45. The fraction of sp³-hybridized carbons (Fsp3) is 0.900. The quantitative estimate of drug-likeness (QED) is 0.713. The molecule has 0 saturated heterocycles. The number of hydrogen-bond acceptors (Lipinski definition) is 3. The highest BCUT2D eigenvalue weighted by atomic mass is 32.2. The molecule has 2 unspecified atom stereocenters. The number of aliphatic hydroxyl groups is 1. The van der Waals surface area contributed by atoms with Crippen LogP contribution >= 0.6 is 11.8 Å². The van der Waals surface area contributed by atoms with Crippen molar-refractivity contribution >= 4 is 17.7 Å². The average Bonchev–Trinajstić information content (AvgIpc) is 2.80. The minimum atomic E-state index is -0.701. The summed E-state index contributed by atoms with van der Waals surface area (Å²) in [5.74, 6) is 0.165. The van der Waals surface area contributed by atoms with Gasteiger partial charge in [0.15, 0.2) is 0 Å². The van der Waals surface area contributed by atoms with Crippen molar-refractivity contribution in [2.75, 3.05) is 5.75 Å². The van der Waals surface area contributed by atoms with E-state index in [1.807, 2.05) is 6.92 Å². The second-order valence-electron chi connectivity index (χ2n) is 4.33. The standard InChI is InChI=1S/C10H18O3S/c1-7(11)8(2)14-6-10(3-4-10)5-9(12)13/h7-8,11H,3-6H2,1-2H3,(H,12,13). The van der Waals surface area contributed by atoms with Crippen molar-refractivity contribution < 1.29 is 15.0 Å². The number of carboxylic acid groups (broad SMARTS) is 1. The number of aliphatic carboxylic acids is 1. The second-order valence-corrected chi connectivity index (χ2v) is 5.69. The number of aliphatic hydroxyl groups excluding tert-OH is 1. The average molecular weight is 218 g/mol. The van der Waals surface area contributed by atoms with E-state index in [1.165, 1.54) is 0 Å². The summed E-state index contributed by atoms with van der Waals surface area (Å²) in [5.41, 5.74) is 0.0413. The van der Waals surface area contributed by atoms with Crippen LogP contribution in [-0.4, -0.2) is 33.3 Å². The first-order valence-electron chi connectivity index (χ1n) is 4.97. The van der Waals surface area contributed by atoms with Crippen molar-refractivity contribution in [1.29, 1.82) is 0 Å². The molecule has 2 atom stereocenters. The SMILES string of the molecule is CC(O)C(C)SCC1(CC(=O)O)CC1. The van der Waals surface area contributed by atoms with E-state index in [2.05, 4.69) is 0 Å². The molecule has 0 radical (unpaired) electrons. The van der Waals surface area contributed by atoms with Crippen molar-refractivity contribution in [2.24, 2.45) is 5.41 Å². The van der Waals surface area contributed by atoms with Crippen LogP contribution < -0.4 is 0 Å². The zero-order valence-electron chi connectivity index (χ0n) is 8.69. The van der Waals surface area contributed by atoms with Crippen LogP contribution in [0.2, 0.25) is 0 Å². The molecule has 0 aliphatic heterocycles. The summed E-state index contributed by atoms with van der Waals surface area (Å²) in [6.07, 6.45) is 2.02. The molecule has 1 fully saturated rings. The number of hydrogen-bond donors (Lipinski definition) is 2. The van der Waals surface area contributed by atoms with E-state index in [-0.39, 0.29) is 23.2 Å². The Labute approximate surface area is 88.9 Å². The summed E-state index contributed by atoms with van der Waals surface area (Å²) in [6, 6.07) is 0. The minimum Gasteiger partial charge on any atom is -0.481 e. The van der Waals surface area contributed by atoms with E-state index < -0.39 is 5.97 Å². The highest BCUT2D eigenvalue weighted by Gasteiger charge is 2.44. The minimum absolute atomic E-state index is 0.0413. The third-order valence-electron chi connectivity index (χ3n) is 2.82. The molecule has 82 valence electrons. The summed E-state index contributed by atoms with van der Waals surface area (Å²) in [7, 11) is 0. The van der Waals surface area contributed by atoms with Gasteiger partial charge >= 0.3 is 5.97 Å². The van der Waals surface area contributed by atoms with Gasteiger partial charge in [0, 0.05) is 5.25 Å². The molecular formula is C10H18O3S. The second kappa shape index (κ2) is 4.53. The van der Waals surface area contributed by atoms with Crippen LogP contribution in [0, 0.1) is 5.41 Å². The Hall–Kier alpha value is -0.220. The summed E-state index contributed by atoms with van der Waals surface area (Å²) in [6.45, 7) is 3.75. The molecule has 1 aliphatic rings. The molecule has 4 heteroatoms. The summed E-state index contributed by atoms with van der Waals surface area (Å²) in [5, 5.41) is 18.2. The number of rotatable bonds is 6. The molecular weight excluding hydrogens is 200 g/mol. The third kappa shape index (κ3) is 3.50. The van der Waals surface area contributed by atoms with Crippen molar-refractivity contribution in [2.45, 2.75) is 44.5 Å². The Morgan fingerprint density at radius 3 is 2.43 bits per heavy atom. The lowest BCUT2D eigenvalue weighted by Gasteiger charge is -2.18. The van der Waals surface area contributed by atoms with Gasteiger partial charge in [0.2, 0.25) is 0 Å². The van der Waals surface area contributed by atoms with Gasteiger partial charge in [-0.25, -0.2) is 0 Å².